The van der Waals surface area contributed by atoms with Crippen LogP contribution < -0.4 is 14.8 Å². The van der Waals surface area contributed by atoms with Crippen LogP contribution in [0.2, 0.25) is 0 Å². The highest BCUT2D eigenvalue weighted by atomic mass is 16.6. The van der Waals surface area contributed by atoms with Crippen LogP contribution >= 0.6 is 0 Å². The summed E-state index contributed by atoms with van der Waals surface area (Å²) >= 11 is 0. The van der Waals surface area contributed by atoms with Crippen molar-refractivity contribution in [1.82, 2.24) is 0 Å². The van der Waals surface area contributed by atoms with Gasteiger partial charge in [0.1, 0.15) is 5.75 Å². The number of ether oxygens (including phenoxy) is 2. The molecular formula is C17H18N2O5. The Balaban J connectivity index is 2.10. The van der Waals surface area contributed by atoms with Crippen molar-refractivity contribution >= 4 is 17.3 Å². The van der Waals surface area contributed by atoms with Crippen LogP contribution in [-0.2, 0) is 4.79 Å². The number of rotatable bonds is 6. The quantitative estimate of drug-likeness (QED) is 0.648. The third kappa shape index (κ3) is 4.22. The van der Waals surface area contributed by atoms with Crippen molar-refractivity contribution in [3.05, 3.63) is 58.1 Å². The van der Waals surface area contributed by atoms with Gasteiger partial charge in [-0.3, -0.25) is 14.9 Å². The second kappa shape index (κ2) is 7.45. The van der Waals surface area contributed by atoms with E-state index in [1.54, 1.807) is 12.1 Å². The van der Waals surface area contributed by atoms with E-state index >= 15 is 0 Å². The summed E-state index contributed by atoms with van der Waals surface area (Å²) in [4.78, 5) is 22.7. The number of hydrogen-bond acceptors (Lipinski definition) is 5. The first-order valence-electron chi connectivity index (χ1n) is 7.27. The van der Waals surface area contributed by atoms with Crippen LogP contribution in [-0.4, -0.2) is 24.0 Å². The molecule has 0 aliphatic carbocycles. The number of carbonyl (C=O) groups excluding carboxylic acids is 1. The van der Waals surface area contributed by atoms with Gasteiger partial charge in [-0.05, 0) is 38.1 Å². The van der Waals surface area contributed by atoms with E-state index in [0.717, 1.165) is 5.56 Å². The maximum absolute atomic E-state index is 12.2. The predicted octanol–water partition coefficient (Wildman–Crippen LogP) is 3.32. The van der Waals surface area contributed by atoms with Crippen molar-refractivity contribution in [2.45, 2.75) is 20.0 Å². The minimum absolute atomic E-state index is 0.00681. The topological polar surface area (TPSA) is 90.7 Å². The van der Waals surface area contributed by atoms with Crippen LogP contribution in [0.4, 0.5) is 11.4 Å². The standard InChI is InChI=1S/C17H18N2O5/c1-11-4-6-13(7-5-11)18-17(20)12(2)24-16-9-8-14(23-3)10-15(16)19(21)22/h4-10,12H,1-3H3,(H,18,20)/t12-/m0/s1. The monoisotopic (exact) mass is 330 g/mol. The van der Waals surface area contributed by atoms with Crippen LogP contribution in [0.3, 0.4) is 0 Å². The molecule has 0 radical (unpaired) electrons. The first-order chi connectivity index (χ1) is 11.4. The molecule has 2 rings (SSSR count). The zero-order valence-corrected chi connectivity index (χ0v) is 13.6. The molecule has 0 unspecified atom stereocenters. The molecule has 126 valence electrons. The molecule has 0 aliphatic rings. The van der Waals surface area contributed by atoms with E-state index in [-0.39, 0.29) is 11.4 Å². The van der Waals surface area contributed by atoms with Crippen molar-refractivity contribution in [1.29, 1.82) is 0 Å². The number of benzene rings is 2. The summed E-state index contributed by atoms with van der Waals surface area (Å²) in [5.41, 5.74) is 1.45. The fourth-order valence-electron chi connectivity index (χ4n) is 1.99. The van der Waals surface area contributed by atoms with Crippen molar-refractivity contribution in [3.63, 3.8) is 0 Å². The number of nitrogens with zero attached hydrogens (tertiary/aromatic N) is 1. The number of nitro benzene ring substituents is 1. The van der Waals surface area contributed by atoms with Crippen molar-refractivity contribution in [3.8, 4) is 11.5 Å². The van der Waals surface area contributed by atoms with E-state index in [9.17, 15) is 14.9 Å². The SMILES string of the molecule is COc1ccc(O[C@@H](C)C(=O)Nc2ccc(C)cc2)c([N+](=O)[O-])c1. The lowest BCUT2D eigenvalue weighted by Crippen LogP contribution is -2.30. The second-order valence-electron chi connectivity index (χ2n) is 5.21. The lowest BCUT2D eigenvalue weighted by molar-refractivity contribution is -0.386. The molecule has 7 nitrogen and oxygen atoms in total. The average Bonchev–Trinajstić information content (AvgIpc) is 2.57. The van der Waals surface area contributed by atoms with Crippen LogP contribution in [0.25, 0.3) is 0 Å². The zero-order valence-electron chi connectivity index (χ0n) is 13.6. The largest absolute Gasteiger partial charge is 0.496 e. The van der Waals surface area contributed by atoms with Gasteiger partial charge in [-0.25, -0.2) is 0 Å². The number of hydrogen-bond donors (Lipinski definition) is 1. The van der Waals surface area contributed by atoms with Crippen LogP contribution in [0.5, 0.6) is 11.5 Å². The molecule has 0 saturated heterocycles. The van der Waals surface area contributed by atoms with Crippen molar-refractivity contribution < 1.29 is 19.2 Å². The Hall–Kier alpha value is -3.09. The molecule has 1 atom stereocenters. The predicted molar refractivity (Wildman–Crippen MR) is 89.5 cm³/mol. The van der Waals surface area contributed by atoms with Crippen LogP contribution in [0, 0.1) is 17.0 Å². The summed E-state index contributed by atoms with van der Waals surface area (Å²) in [7, 11) is 1.41. The number of carbonyl (C=O) groups is 1. The summed E-state index contributed by atoms with van der Waals surface area (Å²) in [6.07, 6.45) is -0.904. The number of methoxy groups -OCH3 is 1. The van der Waals surface area contributed by atoms with E-state index in [4.69, 9.17) is 9.47 Å². The van der Waals surface area contributed by atoms with Gasteiger partial charge in [0.25, 0.3) is 5.91 Å². The summed E-state index contributed by atoms with van der Waals surface area (Å²) in [6, 6.07) is 11.5. The third-order valence-electron chi connectivity index (χ3n) is 3.35. The minimum atomic E-state index is -0.904. The van der Waals surface area contributed by atoms with Gasteiger partial charge in [0, 0.05) is 5.69 Å². The lowest BCUT2D eigenvalue weighted by Gasteiger charge is -2.15. The van der Waals surface area contributed by atoms with Gasteiger partial charge in [-0.15, -0.1) is 0 Å². The third-order valence-corrected chi connectivity index (χ3v) is 3.35. The van der Waals surface area contributed by atoms with E-state index in [1.807, 2.05) is 19.1 Å². The van der Waals surface area contributed by atoms with Gasteiger partial charge in [0.15, 0.2) is 11.9 Å². The second-order valence-corrected chi connectivity index (χ2v) is 5.21. The van der Waals surface area contributed by atoms with E-state index in [1.165, 1.54) is 32.2 Å². The normalized spacial score (nSPS) is 11.5. The Kier molecular flexibility index (Phi) is 5.36. The Morgan fingerprint density at radius 1 is 1.21 bits per heavy atom. The number of nitrogens with one attached hydrogen (secondary N) is 1. The molecule has 0 fully saturated rings. The fourth-order valence-corrected chi connectivity index (χ4v) is 1.99. The first-order valence-corrected chi connectivity index (χ1v) is 7.27. The Morgan fingerprint density at radius 2 is 1.88 bits per heavy atom. The van der Waals surface area contributed by atoms with Crippen molar-refractivity contribution in [2.24, 2.45) is 0 Å². The summed E-state index contributed by atoms with van der Waals surface area (Å²) in [6.45, 7) is 3.47. The van der Waals surface area contributed by atoms with Gasteiger partial charge in [0.2, 0.25) is 0 Å². The molecule has 0 aromatic heterocycles. The minimum Gasteiger partial charge on any atom is -0.496 e. The molecule has 0 heterocycles. The fraction of sp³-hybridized carbons (Fsp3) is 0.235. The zero-order chi connectivity index (χ0) is 17.7. The Labute approximate surface area is 139 Å². The number of aryl methyl sites for hydroxylation is 1. The van der Waals surface area contributed by atoms with Crippen LogP contribution in [0.15, 0.2) is 42.5 Å². The summed E-state index contributed by atoms with van der Waals surface area (Å²) in [5.74, 6) is -0.0536. The average molecular weight is 330 g/mol. The molecule has 0 spiro atoms. The van der Waals surface area contributed by atoms with E-state index in [2.05, 4.69) is 5.32 Å². The van der Waals surface area contributed by atoms with E-state index in [0.29, 0.717) is 11.4 Å². The Morgan fingerprint density at radius 3 is 2.46 bits per heavy atom. The highest BCUT2D eigenvalue weighted by Gasteiger charge is 2.22. The lowest BCUT2D eigenvalue weighted by atomic mass is 10.2. The molecule has 0 aliphatic heterocycles. The Bertz CT molecular complexity index is 743. The highest BCUT2D eigenvalue weighted by Crippen LogP contribution is 2.31. The molecule has 2 aromatic carbocycles. The molecule has 0 bridgehead atoms. The molecule has 2 aromatic rings. The van der Waals surface area contributed by atoms with Gasteiger partial charge in [-0.2, -0.15) is 0 Å². The molecule has 24 heavy (non-hydrogen) atoms. The molecule has 7 heteroatoms. The van der Waals surface area contributed by atoms with Gasteiger partial charge >= 0.3 is 5.69 Å². The van der Waals surface area contributed by atoms with Crippen LogP contribution in [0.1, 0.15) is 12.5 Å². The van der Waals surface area contributed by atoms with E-state index < -0.39 is 16.9 Å². The maximum atomic E-state index is 12.2. The molecule has 0 saturated carbocycles. The van der Waals surface area contributed by atoms with Crippen molar-refractivity contribution in [2.75, 3.05) is 12.4 Å². The van der Waals surface area contributed by atoms with Gasteiger partial charge < -0.3 is 14.8 Å². The number of amides is 1. The van der Waals surface area contributed by atoms with Gasteiger partial charge in [0.05, 0.1) is 18.1 Å². The smallest absolute Gasteiger partial charge is 0.314 e. The molecule has 1 amide bonds. The maximum Gasteiger partial charge on any atom is 0.314 e. The first kappa shape index (κ1) is 17.3. The summed E-state index contributed by atoms with van der Waals surface area (Å²) < 4.78 is 10.4. The van der Waals surface area contributed by atoms with Gasteiger partial charge in [-0.1, -0.05) is 17.7 Å². The molecular weight excluding hydrogens is 312 g/mol. The molecule has 1 N–H and O–H groups in total. The highest BCUT2D eigenvalue weighted by molar-refractivity contribution is 5.94. The number of nitro groups is 1. The number of anilines is 1. The summed E-state index contributed by atoms with van der Waals surface area (Å²) in [5, 5.41) is 13.8.